The second-order valence-corrected chi connectivity index (χ2v) is 18.3. The van der Waals surface area contributed by atoms with Gasteiger partial charge in [-0.15, -0.1) is 0 Å². The minimum Gasteiger partial charge on any atom is -0.311 e. The predicted octanol–water partition coefficient (Wildman–Crippen LogP) is 12.8. The minimum atomic E-state index is -3.18. The molecule has 4 nitrogen and oxygen atoms in total. The van der Waals surface area contributed by atoms with E-state index >= 15 is 4.57 Å². The Labute approximate surface area is 349 Å². The van der Waals surface area contributed by atoms with Crippen LogP contribution < -0.4 is 15.9 Å². The van der Waals surface area contributed by atoms with Gasteiger partial charge in [0.15, 0.2) is 7.14 Å². The van der Waals surface area contributed by atoms with Crippen LogP contribution in [0.15, 0.2) is 194 Å². The molecule has 0 amide bonds. The van der Waals surface area contributed by atoms with Gasteiger partial charge in [-0.3, -0.25) is 0 Å². The molecule has 3 heterocycles. The van der Waals surface area contributed by atoms with Crippen LogP contribution in [0.3, 0.4) is 0 Å². The van der Waals surface area contributed by atoms with Crippen molar-refractivity contribution in [1.29, 1.82) is 0 Å². The smallest absolute Gasteiger partial charge is 0.171 e. The van der Waals surface area contributed by atoms with Crippen molar-refractivity contribution in [2.24, 2.45) is 0 Å². The summed E-state index contributed by atoms with van der Waals surface area (Å²) in [5, 5.41) is 7.31. The molecule has 0 saturated carbocycles. The number of aromatic nitrogens is 3. The van der Waals surface area contributed by atoms with Gasteiger partial charge in [-0.1, -0.05) is 152 Å². The van der Waals surface area contributed by atoms with E-state index in [0.29, 0.717) is 0 Å². The van der Waals surface area contributed by atoms with Gasteiger partial charge in [0, 0.05) is 83.5 Å². The van der Waals surface area contributed by atoms with Gasteiger partial charge in [-0.25, -0.2) is 0 Å². The Morgan fingerprint density at radius 3 is 1.68 bits per heavy atom. The van der Waals surface area contributed by atoms with Crippen LogP contribution in [0.5, 0.6) is 0 Å². The molecular formula is C55H42N3OP. The van der Waals surface area contributed by atoms with Gasteiger partial charge >= 0.3 is 0 Å². The molecule has 1 aliphatic rings. The fourth-order valence-electron chi connectivity index (χ4n) is 9.74. The van der Waals surface area contributed by atoms with E-state index in [1.165, 1.54) is 55.1 Å². The van der Waals surface area contributed by atoms with Crippen molar-refractivity contribution in [2.75, 3.05) is 0 Å². The van der Waals surface area contributed by atoms with Gasteiger partial charge in [0.1, 0.15) is 0 Å². The summed E-state index contributed by atoms with van der Waals surface area (Å²) in [5.74, 6) is 0. The third-order valence-corrected chi connectivity index (χ3v) is 15.3. The number of rotatable bonds is 7. The number of nitrogens with zero attached hydrogens (tertiary/aromatic N) is 3. The normalized spacial score (nSPS) is 13.0. The molecule has 0 saturated heterocycles. The summed E-state index contributed by atoms with van der Waals surface area (Å²) < 4.78 is 23.0. The molecule has 3 aromatic heterocycles. The molecular weight excluding hydrogens is 750 g/mol. The van der Waals surface area contributed by atoms with Crippen LogP contribution in [0, 0.1) is 6.92 Å². The van der Waals surface area contributed by atoms with Crippen LogP contribution in [-0.4, -0.2) is 13.7 Å². The van der Waals surface area contributed by atoms with Gasteiger partial charge in [-0.05, 0) is 68.4 Å². The molecule has 10 aromatic rings. The zero-order chi connectivity index (χ0) is 40.4. The molecule has 0 atom stereocenters. The lowest BCUT2D eigenvalue weighted by atomic mass is 9.99. The van der Waals surface area contributed by atoms with Crippen molar-refractivity contribution < 1.29 is 4.57 Å². The Bertz CT molecular complexity index is 3360. The summed E-state index contributed by atoms with van der Waals surface area (Å²) in [6.45, 7) is 4.37. The highest BCUT2D eigenvalue weighted by Crippen LogP contribution is 2.50. The summed E-state index contributed by atoms with van der Waals surface area (Å²) in [5.41, 5.74) is 12.8. The van der Waals surface area contributed by atoms with E-state index in [1.807, 2.05) is 60.7 Å². The van der Waals surface area contributed by atoms with Crippen LogP contribution in [0.1, 0.15) is 29.4 Å². The molecule has 0 N–H and O–H groups in total. The molecule has 60 heavy (non-hydrogen) atoms. The maximum Gasteiger partial charge on any atom is 0.171 e. The number of hydrogen-bond donors (Lipinski definition) is 0. The minimum absolute atomic E-state index is 0.796. The van der Waals surface area contributed by atoms with Crippen LogP contribution >= 0.6 is 7.14 Å². The highest BCUT2D eigenvalue weighted by molar-refractivity contribution is 7.85. The van der Waals surface area contributed by atoms with E-state index < -0.39 is 7.14 Å². The highest BCUT2D eigenvalue weighted by atomic mass is 31.2. The van der Waals surface area contributed by atoms with E-state index in [1.54, 1.807) is 0 Å². The van der Waals surface area contributed by atoms with Crippen LogP contribution in [0.25, 0.3) is 72.8 Å². The van der Waals surface area contributed by atoms with Gasteiger partial charge in [0.25, 0.3) is 0 Å². The Kier molecular flexibility index (Phi) is 8.58. The summed E-state index contributed by atoms with van der Waals surface area (Å²) in [6, 6.07) is 58.9. The Morgan fingerprint density at radius 1 is 0.517 bits per heavy atom. The molecule has 0 unspecified atom stereocenters. The van der Waals surface area contributed by atoms with Crippen molar-refractivity contribution in [3.05, 3.63) is 217 Å². The van der Waals surface area contributed by atoms with E-state index in [9.17, 15) is 0 Å². The number of fused-ring (bicyclic) bond motifs is 10. The fourth-order valence-corrected chi connectivity index (χ4v) is 12.4. The number of para-hydroxylation sites is 3. The predicted molar refractivity (Wildman–Crippen MR) is 255 cm³/mol. The first-order valence-electron chi connectivity index (χ1n) is 20.7. The van der Waals surface area contributed by atoms with Gasteiger partial charge in [0.2, 0.25) is 0 Å². The lowest BCUT2D eigenvalue weighted by Crippen LogP contribution is -2.24. The summed E-state index contributed by atoms with van der Waals surface area (Å²) in [7, 11) is -3.18. The molecule has 0 spiro atoms. The first-order chi connectivity index (χ1) is 29.6. The third-order valence-electron chi connectivity index (χ3n) is 12.2. The summed E-state index contributed by atoms with van der Waals surface area (Å²) >= 11 is 0. The molecule has 1 aliphatic carbocycles. The summed E-state index contributed by atoms with van der Waals surface area (Å²) in [4.78, 5) is 0. The molecule has 7 aromatic carbocycles. The number of allylic oxidation sites excluding steroid dienone is 4. The van der Waals surface area contributed by atoms with Crippen LogP contribution in [0.4, 0.5) is 0 Å². The van der Waals surface area contributed by atoms with E-state index in [4.69, 9.17) is 0 Å². The SMILES string of the molecule is C/C=C\c1c(C)n(-c2ccccc2)c2c1c1c(c3ccccc3n1-c1ccc(P(=O)(c3ccccc3)c3ccccc3)cc1)c1c3c(n(-c4ccccc4)c12)CC=CC=C3. The maximum atomic E-state index is 15.5. The topological polar surface area (TPSA) is 31.9 Å². The van der Waals surface area contributed by atoms with Crippen LogP contribution in [-0.2, 0) is 11.0 Å². The van der Waals surface area contributed by atoms with E-state index in [2.05, 4.69) is 173 Å². The van der Waals surface area contributed by atoms with Gasteiger partial charge in [-0.2, -0.15) is 0 Å². The quantitative estimate of drug-likeness (QED) is 0.148. The zero-order valence-corrected chi connectivity index (χ0v) is 34.4. The average Bonchev–Trinajstić information content (AvgIpc) is 3.83. The van der Waals surface area contributed by atoms with E-state index in [0.717, 1.165) is 50.4 Å². The van der Waals surface area contributed by atoms with Crippen LogP contribution in [0.2, 0.25) is 0 Å². The first-order valence-corrected chi connectivity index (χ1v) is 22.4. The molecule has 11 rings (SSSR count). The molecule has 0 fully saturated rings. The monoisotopic (exact) mass is 791 g/mol. The van der Waals surface area contributed by atoms with E-state index in [-0.39, 0.29) is 0 Å². The Hall–Kier alpha value is -7.13. The molecule has 0 radical (unpaired) electrons. The standard InChI is InChI=1S/C55H42N3OP/c1-3-21-45-38(2)56(39-22-9-4-10-23-39)55-52(45)53-50(51-47-30-17-8-18-32-49(47)58(54(51)55)40-24-11-5-12-25-40)46-31-19-20-33-48(46)57(53)41-34-36-44(37-35-41)60(59,42-26-13-6-14-27-42)43-28-15-7-16-29-43/h3-31,33-37H,32H2,1-2H3/b21-3-. The number of hydrogen-bond acceptors (Lipinski definition) is 1. The second-order valence-electron chi connectivity index (χ2n) is 15.5. The Balaban J connectivity index is 1.33. The van der Waals surface area contributed by atoms with Gasteiger partial charge < -0.3 is 18.3 Å². The number of benzene rings is 7. The first kappa shape index (κ1) is 36.0. The molecule has 288 valence electrons. The maximum absolute atomic E-state index is 15.5. The lowest BCUT2D eigenvalue weighted by molar-refractivity contribution is 0.592. The van der Waals surface area contributed by atoms with Crippen molar-refractivity contribution >= 4 is 78.8 Å². The Morgan fingerprint density at radius 2 is 1.05 bits per heavy atom. The second kappa shape index (κ2) is 14.3. The van der Waals surface area contributed by atoms with Crippen molar-refractivity contribution in [3.8, 4) is 17.1 Å². The molecule has 0 aliphatic heterocycles. The highest BCUT2D eigenvalue weighted by Gasteiger charge is 2.32. The average molecular weight is 792 g/mol. The third kappa shape index (κ3) is 5.27. The molecule has 0 bridgehead atoms. The largest absolute Gasteiger partial charge is 0.311 e. The zero-order valence-electron chi connectivity index (χ0n) is 33.5. The summed E-state index contributed by atoms with van der Waals surface area (Å²) in [6.07, 6.45) is 14.2. The van der Waals surface area contributed by atoms with Crippen molar-refractivity contribution in [2.45, 2.75) is 20.3 Å². The van der Waals surface area contributed by atoms with Gasteiger partial charge in [0.05, 0.1) is 22.1 Å². The van der Waals surface area contributed by atoms with Crippen molar-refractivity contribution in [3.63, 3.8) is 0 Å². The molecule has 5 heteroatoms. The lowest BCUT2D eigenvalue weighted by Gasteiger charge is -2.20. The van der Waals surface area contributed by atoms with Crippen molar-refractivity contribution in [1.82, 2.24) is 13.7 Å². The fraction of sp³-hybridized carbons (Fsp3) is 0.0545.